The van der Waals surface area contributed by atoms with E-state index in [4.69, 9.17) is 0 Å². The third kappa shape index (κ3) is 12.1. The van der Waals surface area contributed by atoms with E-state index in [9.17, 15) is 9.59 Å². The topological polar surface area (TPSA) is 78.4 Å². The van der Waals surface area contributed by atoms with Gasteiger partial charge in [-0.25, -0.2) is 0 Å². The molecule has 0 atom stereocenters. The molecule has 0 bridgehead atoms. The van der Waals surface area contributed by atoms with Gasteiger partial charge in [0.05, 0.1) is 38.1 Å². The first-order valence-electron chi connectivity index (χ1n) is 9.54. The fourth-order valence-electron chi connectivity index (χ4n) is 2.24. The molecule has 2 heterocycles. The Kier molecular flexibility index (Phi) is 16.6. The van der Waals surface area contributed by atoms with Crippen molar-refractivity contribution < 1.29 is 37.8 Å². The van der Waals surface area contributed by atoms with Crippen molar-refractivity contribution >= 4 is 62.9 Å². The zero-order chi connectivity index (χ0) is 24.7. The Morgan fingerprint density at radius 2 is 1.06 bits per heavy atom. The van der Waals surface area contributed by atoms with Crippen LogP contribution in [0.15, 0.2) is 36.4 Å². The molecular formula is C23H29ClN2O4PtSn. The summed E-state index contributed by atoms with van der Waals surface area (Å²) >= 11 is 1.07. The van der Waals surface area contributed by atoms with E-state index >= 15 is 0 Å². The number of carbonyl (C=O) groups is 2. The molecular weight excluding hydrogens is 718 g/mol. The van der Waals surface area contributed by atoms with Crippen molar-refractivity contribution in [3.8, 4) is 0 Å². The second-order valence-electron chi connectivity index (χ2n) is 6.99. The maximum atomic E-state index is 10.3. The van der Waals surface area contributed by atoms with Gasteiger partial charge in [-0.15, -0.1) is 0 Å². The van der Waals surface area contributed by atoms with Gasteiger partial charge in [0.15, 0.2) is 0 Å². The second kappa shape index (κ2) is 17.3. The number of benzene rings is 1. The second-order valence-corrected chi connectivity index (χ2v) is 15.6. The van der Waals surface area contributed by atoms with Gasteiger partial charge in [-0.3, -0.25) is 19.6 Å². The molecule has 3 rings (SSSR count). The molecule has 0 aliphatic heterocycles. The number of hydrogen-bond donors (Lipinski definition) is 0. The van der Waals surface area contributed by atoms with E-state index in [1.54, 1.807) is 18.8 Å². The minimum atomic E-state index is -0.578. The van der Waals surface area contributed by atoms with Gasteiger partial charge in [0.1, 0.15) is 0 Å². The van der Waals surface area contributed by atoms with Crippen LogP contribution in [-0.2, 0) is 37.8 Å². The van der Waals surface area contributed by atoms with Gasteiger partial charge in [-0.1, -0.05) is 24.3 Å². The van der Waals surface area contributed by atoms with E-state index in [1.807, 2.05) is 26.0 Å². The monoisotopic (exact) mass is 747 g/mol. The van der Waals surface area contributed by atoms with Crippen molar-refractivity contribution in [1.29, 1.82) is 0 Å². The first kappa shape index (κ1) is 30.8. The van der Waals surface area contributed by atoms with Crippen LogP contribution in [0, 0.1) is 26.7 Å². The van der Waals surface area contributed by atoms with E-state index in [-0.39, 0.29) is 0 Å². The van der Waals surface area contributed by atoms with Gasteiger partial charge in [-0.2, -0.15) is 0 Å². The molecule has 9 heteroatoms. The number of rotatable bonds is 3. The molecule has 32 heavy (non-hydrogen) atoms. The van der Waals surface area contributed by atoms with Crippen LogP contribution in [0.1, 0.15) is 11.4 Å². The average Bonchev–Trinajstić information content (AvgIpc) is 2.78. The summed E-state index contributed by atoms with van der Waals surface area (Å²) in [6.45, 7) is 4.02. The third-order valence-electron chi connectivity index (χ3n) is 3.56. The maximum absolute atomic E-state index is 10.3. The Bertz CT molecular complexity index is 923. The predicted molar refractivity (Wildman–Crippen MR) is 128 cm³/mol. The van der Waals surface area contributed by atoms with E-state index in [0.29, 0.717) is 0 Å². The molecule has 3 aromatic rings. The summed E-state index contributed by atoms with van der Waals surface area (Å²) in [4.78, 5) is 36.9. The summed E-state index contributed by atoms with van der Waals surface area (Å²) in [5, 5.41) is 2.30. The molecule has 2 aromatic heterocycles. The SMILES string of the molecule is COC(=O)[CH][CH]C(=O)OC.Cc1ccc2ccc3ccc(C)nc3c2n1.[CH3][Sn]([CH3])[CH3].[Cl][Pt]. The van der Waals surface area contributed by atoms with E-state index < -0.39 is 31.7 Å². The van der Waals surface area contributed by atoms with Gasteiger partial charge in [-0.05, 0) is 26.0 Å². The molecule has 0 aliphatic carbocycles. The van der Waals surface area contributed by atoms with Gasteiger partial charge in [0.25, 0.3) is 0 Å². The quantitative estimate of drug-likeness (QED) is 0.209. The fourth-order valence-corrected chi connectivity index (χ4v) is 2.24. The summed E-state index contributed by atoms with van der Waals surface area (Å²) < 4.78 is 8.42. The Morgan fingerprint density at radius 1 is 0.781 bits per heavy atom. The van der Waals surface area contributed by atoms with Crippen LogP contribution < -0.4 is 0 Å². The number of carbonyl (C=O) groups excluding carboxylic acids is 2. The van der Waals surface area contributed by atoms with Crippen molar-refractivity contribution in [2.45, 2.75) is 28.7 Å². The van der Waals surface area contributed by atoms with Crippen LogP contribution in [0.2, 0.25) is 14.8 Å². The first-order chi connectivity index (χ1) is 15.2. The number of fused-ring (bicyclic) bond motifs is 3. The number of nitrogens with zero attached hydrogens (tertiary/aromatic N) is 2. The number of hydrogen-bond acceptors (Lipinski definition) is 6. The van der Waals surface area contributed by atoms with E-state index in [2.05, 4.69) is 67.9 Å². The average molecular weight is 747 g/mol. The molecule has 0 unspecified atom stereocenters. The molecule has 0 spiro atoms. The van der Waals surface area contributed by atoms with Crippen LogP contribution in [0.3, 0.4) is 0 Å². The molecule has 0 amide bonds. The van der Waals surface area contributed by atoms with Gasteiger partial charge < -0.3 is 9.47 Å². The van der Waals surface area contributed by atoms with E-state index in [1.165, 1.54) is 14.2 Å². The molecule has 0 fully saturated rings. The summed E-state index contributed by atoms with van der Waals surface area (Å²) in [6, 6.07) is 12.5. The Hall–Kier alpha value is -1.24. The van der Waals surface area contributed by atoms with E-state index in [0.717, 1.165) is 46.0 Å². The van der Waals surface area contributed by atoms with Gasteiger partial charge >= 0.3 is 74.7 Å². The molecule has 0 aliphatic rings. The zero-order valence-corrected chi connectivity index (χ0v) is 25.2. The molecule has 176 valence electrons. The van der Waals surface area contributed by atoms with Crippen molar-refractivity contribution in [2.24, 2.45) is 0 Å². The Morgan fingerprint density at radius 3 is 1.34 bits per heavy atom. The first-order valence-corrected chi connectivity index (χ1v) is 20.9. The molecule has 1 aromatic carbocycles. The van der Waals surface area contributed by atoms with Crippen LogP contribution in [0.4, 0.5) is 0 Å². The third-order valence-corrected chi connectivity index (χ3v) is 3.56. The summed E-state index contributed by atoms with van der Waals surface area (Å²) in [5.74, 6) is -1.16. The number of aromatic nitrogens is 2. The van der Waals surface area contributed by atoms with Crippen molar-refractivity contribution in [3.63, 3.8) is 0 Å². The number of ether oxygens (including phenoxy) is 2. The van der Waals surface area contributed by atoms with Crippen molar-refractivity contribution in [1.82, 2.24) is 9.97 Å². The standard InChI is InChI=1S/C14H12N2.C6H8O4.3CH3.ClH.Pt.Sn/c1-9-3-5-11-7-8-12-6-4-10(2)16-14(12)13(11)15-9;1-9-5(7)3-4-6(8)10-2;;;;;;/h3-8H,1-2H3;3-4H,1-2H3;3*1H3;1H;;/q;;;;;;+1;/p-1. The molecule has 6 nitrogen and oxygen atoms in total. The Balaban J connectivity index is 0.000000519. The Labute approximate surface area is 213 Å². The molecule has 0 N–H and O–H groups in total. The molecule has 0 saturated heterocycles. The normalized spacial score (nSPS) is 9.59. The van der Waals surface area contributed by atoms with Crippen LogP contribution in [0.25, 0.3) is 21.8 Å². The number of methoxy groups -OCH3 is 2. The minimum absolute atomic E-state index is 0.543. The van der Waals surface area contributed by atoms with Crippen molar-refractivity contribution in [2.75, 3.05) is 14.2 Å². The number of aryl methyl sites for hydroxylation is 2. The number of halogens is 1. The molecule has 3 radical (unpaired) electrons. The summed E-state index contributed by atoms with van der Waals surface area (Å²) in [6.07, 6.45) is 1.98. The fraction of sp³-hybridized carbons (Fsp3) is 0.304. The van der Waals surface area contributed by atoms with Crippen LogP contribution in [0.5, 0.6) is 0 Å². The van der Waals surface area contributed by atoms with Gasteiger partial charge in [0, 0.05) is 22.2 Å². The number of esters is 2. The van der Waals surface area contributed by atoms with Crippen molar-refractivity contribution in [3.05, 3.63) is 60.6 Å². The van der Waals surface area contributed by atoms with Crippen LogP contribution >= 0.6 is 9.42 Å². The predicted octanol–water partition coefficient (Wildman–Crippen LogP) is 5.20. The zero-order valence-electron chi connectivity index (χ0n) is 19.3. The summed E-state index contributed by atoms with van der Waals surface area (Å²) in [5.41, 5.74) is 4.06. The number of pyridine rings is 2. The van der Waals surface area contributed by atoms with Crippen LogP contribution in [-0.4, -0.2) is 55.9 Å². The summed E-state index contributed by atoms with van der Waals surface area (Å²) in [7, 11) is 7.06. The van der Waals surface area contributed by atoms with Gasteiger partial charge in [0.2, 0.25) is 0 Å². The molecule has 0 saturated carbocycles.